The molecule has 3 nitrogen and oxygen atoms in total. The van der Waals surface area contributed by atoms with Gasteiger partial charge in [-0.05, 0) is 18.9 Å². The van der Waals surface area contributed by atoms with Crippen LogP contribution in [0, 0.1) is 0 Å². The molecule has 86 valence electrons. The zero-order valence-corrected chi connectivity index (χ0v) is 9.53. The van der Waals surface area contributed by atoms with Crippen LogP contribution in [0.1, 0.15) is 18.9 Å². The number of rotatable bonds is 5. The van der Waals surface area contributed by atoms with Gasteiger partial charge in [0.15, 0.2) is 0 Å². The summed E-state index contributed by atoms with van der Waals surface area (Å²) in [4.78, 5) is 11.2. The van der Waals surface area contributed by atoms with Crippen molar-refractivity contribution in [2.24, 2.45) is 0 Å². The van der Waals surface area contributed by atoms with Gasteiger partial charge in [-0.3, -0.25) is 0 Å². The first-order chi connectivity index (χ1) is 7.68. The molecule has 16 heavy (non-hydrogen) atoms. The van der Waals surface area contributed by atoms with Gasteiger partial charge < -0.3 is 10.1 Å². The number of benzene rings is 1. The lowest BCUT2D eigenvalue weighted by Crippen LogP contribution is -2.25. The topological polar surface area (TPSA) is 38.3 Å². The molecule has 1 rings (SSSR count). The molecule has 1 amide bonds. The molecule has 0 bridgehead atoms. The Labute approximate surface area is 96.1 Å². The van der Waals surface area contributed by atoms with E-state index in [1.807, 2.05) is 37.3 Å². The summed E-state index contributed by atoms with van der Waals surface area (Å²) in [6.45, 7) is 6.56. The van der Waals surface area contributed by atoms with Gasteiger partial charge in [-0.1, -0.05) is 35.9 Å². The number of carbonyl (C=O) groups excluding carboxylic acids is 1. The highest BCUT2D eigenvalue weighted by atomic mass is 16.5. The largest absolute Gasteiger partial charge is 0.445 e. The maximum atomic E-state index is 11.2. The van der Waals surface area contributed by atoms with Gasteiger partial charge in [0.2, 0.25) is 0 Å². The molecule has 3 heteroatoms. The predicted octanol–water partition coefficient (Wildman–Crippen LogP) is 2.88. The van der Waals surface area contributed by atoms with Gasteiger partial charge in [0.25, 0.3) is 0 Å². The van der Waals surface area contributed by atoms with Crippen molar-refractivity contribution in [2.75, 3.05) is 6.54 Å². The molecule has 1 aromatic carbocycles. The van der Waals surface area contributed by atoms with Crippen molar-refractivity contribution >= 4 is 6.09 Å². The lowest BCUT2D eigenvalue weighted by Gasteiger charge is -2.06. The maximum absolute atomic E-state index is 11.2. The second-order valence-corrected chi connectivity index (χ2v) is 3.70. The number of hydrogen-bond acceptors (Lipinski definition) is 2. The third-order valence-corrected chi connectivity index (χ3v) is 2.03. The van der Waals surface area contributed by atoms with Gasteiger partial charge in [0.05, 0.1) is 0 Å². The lowest BCUT2D eigenvalue weighted by molar-refractivity contribution is 0.140. The van der Waals surface area contributed by atoms with E-state index in [1.54, 1.807) is 0 Å². The molecule has 0 aliphatic carbocycles. The number of ether oxygens (including phenoxy) is 1. The van der Waals surface area contributed by atoms with Crippen LogP contribution in [0.2, 0.25) is 0 Å². The molecule has 1 N–H and O–H groups in total. The number of hydrogen-bond donors (Lipinski definition) is 1. The summed E-state index contributed by atoms with van der Waals surface area (Å²) in [5.41, 5.74) is 2.03. The molecule has 0 unspecified atom stereocenters. The van der Waals surface area contributed by atoms with Gasteiger partial charge in [-0.2, -0.15) is 0 Å². The summed E-state index contributed by atoms with van der Waals surface area (Å²) in [6, 6.07) is 9.59. The fraction of sp³-hybridized carbons (Fsp3) is 0.308. The summed E-state index contributed by atoms with van der Waals surface area (Å²) >= 11 is 0. The second kappa shape index (κ2) is 6.67. The highest BCUT2D eigenvalue weighted by molar-refractivity contribution is 5.67. The third-order valence-electron chi connectivity index (χ3n) is 2.03. The molecule has 0 saturated heterocycles. The molecule has 0 aromatic heterocycles. The van der Waals surface area contributed by atoms with E-state index in [0.29, 0.717) is 13.2 Å². The van der Waals surface area contributed by atoms with Gasteiger partial charge in [-0.15, -0.1) is 6.58 Å². The Kier molecular flexibility index (Phi) is 5.12. The summed E-state index contributed by atoms with van der Waals surface area (Å²) in [7, 11) is 0. The Hall–Kier alpha value is -1.77. The summed E-state index contributed by atoms with van der Waals surface area (Å²) in [5, 5.41) is 2.66. The van der Waals surface area contributed by atoms with E-state index in [1.165, 1.54) is 0 Å². The first kappa shape index (κ1) is 12.3. The van der Waals surface area contributed by atoms with E-state index in [-0.39, 0.29) is 6.09 Å². The van der Waals surface area contributed by atoms with Crippen molar-refractivity contribution < 1.29 is 9.53 Å². The van der Waals surface area contributed by atoms with Gasteiger partial charge in [0.1, 0.15) is 6.61 Å². The van der Waals surface area contributed by atoms with Crippen LogP contribution in [0.15, 0.2) is 42.5 Å². The van der Waals surface area contributed by atoms with E-state index < -0.39 is 0 Å². The van der Waals surface area contributed by atoms with Gasteiger partial charge in [-0.25, -0.2) is 4.79 Å². The minimum Gasteiger partial charge on any atom is -0.445 e. The van der Waals surface area contributed by atoms with Crippen LogP contribution in [0.3, 0.4) is 0 Å². The molecule has 0 aliphatic heterocycles. The molecule has 0 heterocycles. The third kappa shape index (κ3) is 5.20. The van der Waals surface area contributed by atoms with Crippen LogP contribution >= 0.6 is 0 Å². The van der Waals surface area contributed by atoms with Crippen LogP contribution in [-0.2, 0) is 11.3 Å². The molecule has 0 radical (unpaired) electrons. The van der Waals surface area contributed by atoms with Gasteiger partial charge in [0, 0.05) is 6.54 Å². The highest BCUT2D eigenvalue weighted by Gasteiger charge is 2.01. The Morgan fingerprint density at radius 3 is 2.69 bits per heavy atom. The van der Waals surface area contributed by atoms with Crippen molar-refractivity contribution in [3.05, 3.63) is 48.0 Å². The second-order valence-electron chi connectivity index (χ2n) is 3.70. The fourth-order valence-corrected chi connectivity index (χ4v) is 1.15. The van der Waals surface area contributed by atoms with Crippen LogP contribution in [0.4, 0.5) is 4.79 Å². The average molecular weight is 219 g/mol. The zero-order valence-electron chi connectivity index (χ0n) is 9.53. The fourth-order valence-electron chi connectivity index (χ4n) is 1.15. The van der Waals surface area contributed by atoms with E-state index in [4.69, 9.17) is 4.74 Å². The van der Waals surface area contributed by atoms with Crippen LogP contribution in [0.25, 0.3) is 0 Å². The Morgan fingerprint density at radius 2 is 2.06 bits per heavy atom. The monoisotopic (exact) mass is 219 g/mol. The summed E-state index contributed by atoms with van der Waals surface area (Å²) < 4.78 is 5.03. The maximum Gasteiger partial charge on any atom is 0.407 e. The standard InChI is InChI=1S/C13H17NO2/c1-11(2)8-9-14-13(15)16-10-12-6-4-3-5-7-12/h3-7H,1,8-10H2,2H3,(H,14,15). The number of carbonyl (C=O) groups is 1. The first-order valence-corrected chi connectivity index (χ1v) is 5.27. The smallest absolute Gasteiger partial charge is 0.407 e. The van der Waals surface area contributed by atoms with Crippen LogP contribution in [0.5, 0.6) is 0 Å². The number of nitrogens with one attached hydrogen (secondary N) is 1. The van der Waals surface area contributed by atoms with Gasteiger partial charge >= 0.3 is 6.09 Å². The van der Waals surface area contributed by atoms with E-state index in [9.17, 15) is 4.79 Å². The first-order valence-electron chi connectivity index (χ1n) is 5.27. The van der Waals surface area contributed by atoms with Crippen molar-refractivity contribution in [3.63, 3.8) is 0 Å². The molecule has 0 fully saturated rings. The van der Waals surface area contributed by atoms with Crippen molar-refractivity contribution in [1.29, 1.82) is 0 Å². The Bertz CT molecular complexity index is 346. The number of alkyl carbamates (subject to hydrolysis) is 1. The van der Waals surface area contributed by atoms with E-state index >= 15 is 0 Å². The molecular formula is C13H17NO2. The Morgan fingerprint density at radius 1 is 1.38 bits per heavy atom. The highest BCUT2D eigenvalue weighted by Crippen LogP contribution is 2.00. The van der Waals surface area contributed by atoms with Crippen molar-refractivity contribution in [2.45, 2.75) is 20.0 Å². The zero-order chi connectivity index (χ0) is 11.8. The average Bonchev–Trinajstić information content (AvgIpc) is 2.27. The van der Waals surface area contributed by atoms with E-state index in [0.717, 1.165) is 17.6 Å². The molecule has 0 atom stereocenters. The molecule has 0 aliphatic rings. The van der Waals surface area contributed by atoms with E-state index in [2.05, 4.69) is 11.9 Å². The quantitative estimate of drug-likeness (QED) is 0.773. The molecule has 1 aromatic rings. The number of amides is 1. The minimum absolute atomic E-state index is 0.305. The summed E-state index contributed by atoms with van der Waals surface area (Å²) in [6.07, 6.45) is 0.394. The minimum atomic E-state index is -0.384. The Balaban J connectivity index is 2.18. The van der Waals surface area contributed by atoms with Crippen LogP contribution in [-0.4, -0.2) is 12.6 Å². The molecule has 0 spiro atoms. The normalized spacial score (nSPS) is 9.56. The lowest BCUT2D eigenvalue weighted by atomic mass is 10.2. The molecule has 0 saturated carbocycles. The van der Waals surface area contributed by atoms with Crippen molar-refractivity contribution in [1.82, 2.24) is 5.32 Å². The predicted molar refractivity (Wildman–Crippen MR) is 64.1 cm³/mol. The SMILES string of the molecule is C=C(C)CCNC(=O)OCc1ccccc1. The van der Waals surface area contributed by atoms with Crippen LogP contribution < -0.4 is 5.32 Å². The van der Waals surface area contributed by atoms with Crippen molar-refractivity contribution in [3.8, 4) is 0 Å². The summed E-state index contributed by atoms with van der Waals surface area (Å²) in [5.74, 6) is 0. The molecular weight excluding hydrogens is 202 g/mol.